The molecule has 0 spiro atoms. The standard InChI is InChI=1S/C13H15N3O2/c1-17-11-3-2-4-12(7-11)18-13-15-8-10(5-6-14)9-16-13/h2-4,7-9H,5-6,14H2,1H3. The second-order valence-corrected chi connectivity index (χ2v) is 3.69. The topological polar surface area (TPSA) is 70.3 Å². The lowest BCUT2D eigenvalue weighted by molar-refractivity contribution is 0.404. The minimum Gasteiger partial charge on any atom is -0.497 e. The summed E-state index contributed by atoms with van der Waals surface area (Å²) in [5, 5.41) is 0. The maximum absolute atomic E-state index is 5.52. The zero-order valence-electron chi connectivity index (χ0n) is 10.2. The van der Waals surface area contributed by atoms with E-state index in [4.69, 9.17) is 15.2 Å². The van der Waals surface area contributed by atoms with E-state index in [1.54, 1.807) is 25.6 Å². The highest BCUT2D eigenvalue weighted by atomic mass is 16.5. The summed E-state index contributed by atoms with van der Waals surface area (Å²) >= 11 is 0. The van der Waals surface area contributed by atoms with Crippen molar-refractivity contribution in [2.24, 2.45) is 5.73 Å². The Labute approximate surface area is 106 Å². The molecule has 1 aromatic heterocycles. The highest BCUT2D eigenvalue weighted by molar-refractivity contribution is 5.34. The highest BCUT2D eigenvalue weighted by Crippen LogP contribution is 2.22. The van der Waals surface area contributed by atoms with Gasteiger partial charge in [-0.05, 0) is 30.7 Å². The van der Waals surface area contributed by atoms with E-state index >= 15 is 0 Å². The average molecular weight is 245 g/mol. The number of hydrogen-bond donors (Lipinski definition) is 1. The van der Waals surface area contributed by atoms with Gasteiger partial charge in [0, 0.05) is 18.5 Å². The van der Waals surface area contributed by atoms with E-state index < -0.39 is 0 Å². The van der Waals surface area contributed by atoms with E-state index in [0.29, 0.717) is 18.3 Å². The number of hydrogen-bond acceptors (Lipinski definition) is 5. The third-order valence-electron chi connectivity index (χ3n) is 2.36. The Hall–Kier alpha value is -2.14. The number of aromatic nitrogens is 2. The van der Waals surface area contributed by atoms with Crippen molar-refractivity contribution in [3.8, 4) is 17.5 Å². The van der Waals surface area contributed by atoms with Crippen molar-refractivity contribution >= 4 is 0 Å². The number of nitrogens with two attached hydrogens (primary N) is 1. The van der Waals surface area contributed by atoms with E-state index in [1.165, 1.54) is 0 Å². The molecule has 0 atom stereocenters. The van der Waals surface area contributed by atoms with Crippen LogP contribution < -0.4 is 15.2 Å². The smallest absolute Gasteiger partial charge is 0.321 e. The molecule has 0 aliphatic heterocycles. The van der Waals surface area contributed by atoms with Crippen LogP contribution in [-0.2, 0) is 6.42 Å². The molecular formula is C13H15N3O2. The lowest BCUT2D eigenvalue weighted by Gasteiger charge is -2.05. The van der Waals surface area contributed by atoms with E-state index in [0.717, 1.165) is 17.7 Å². The summed E-state index contributed by atoms with van der Waals surface area (Å²) in [6, 6.07) is 7.59. The molecule has 0 saturated carbocycles. The van der Waals surface area contributed by atoms with Crippen LogP contribution >= 0.6 is 0 Å². The van der Waals surface area contributed by atoms with E-state index in [-0.39, 0.29) is 0 Å². The average Bonchev–Trinajstić information content (AvgIpc) is 2.42. The van der Waals surface area contributed by atoms with Gasteiger partial charge in [-0.3, -0.25) is 0 Å². The quantitative estimate of drug-likeness (QED) is 0.869. The van der Waals surface area contributed by atoms with E-state index in [9.17, 15) is 0 Å². The first-order valence-electron chi connectivity index (χ1n) is 5.64. The van der Waals surface area contributed by atoms with Crippen molar-refractivity contribution in [3.05, 3.63) is 42.2 Å². The lowest BCUT2D eigenvalue weighted by Crippen LogP contribution is -2.03. The first-order chi connectivity index (χ1) is 8.81. The first-order valence-corrected chi connectivity index (χ1v) is 5.64. The number of nitrogens with zero attached hydrogens (tertiary/aromatic N) is 2. The van der Waals surface area contributed by atoms with Crippen LogP contribution in [-0.4, -0.2) is 23.6 Å². The summed E-state index contributed by atoms with van der Waals surface area (Å²) < 4.78 is 10.6. The van der Waals surface area contributed by atoms with Crippen LogP contribution in [0.2, 0.25) is 0 Å². The Morgan fingerprint density at radius 2 is 1.89 bits per heavy atom. The fraction of sp³-hybridized carbons (Fsp3) is 0.231. The Kier molecular flexibility index (Phi) is 4.09. The van der Waals surface area contributed by atoms with Crippen LogP contribution in [0.5, 0.6) is 17.5 Å². The van der Waals surface area contributed by atoms with Crippen LogP contribution in [0.15, 0.2) is 36.7 Å². The summed E-state index contributed by atoms with van der Waals surface area (Å²) in [6.45, 7) is 0.583. The van der Waals surface area contributed by atoms with Crippen molar-refractivity contribution in [1.82, 2.24) is 9.97 Å². The molecule has 0 aliphatic rings. The van der Waals surface area contributed by atoms with Gasteiger partial charge >= 0.3 is 6.01 Å². The number of benzene rings is 1. The molecule has 0 saturated heterocycles. The number of rotatable bonds is 5. The highest BCUT2D eigenvalue weighted by Gasteiger charge is 2.02. The minimum absolute atomic E-state index is 0.309. The lowest BCUT2D eigenvalue weighted by atomic mass is 10.2. The van der Waals surface area contributed by atoms with Crippen LogP contribution in [0.1, 0.15) is 5.56 Å². The molecule has 18 heavy (non-hydrogen) atoms. The van der Waals surface area contributed by atoms with Gasteiger partial charge in [0.25, 0.3) is 0 Å². The van der Waals surface area contributed by atoms with Crippen molar-refractivity contribution in [2.45, 2.75) is 6.42 Å². The predicted octanol–water partition coefficient (Wildman–Crippen LogP) is 1.78. The van der Waals surface area contributed by atoms with Crippen LogP contribution in [0.25, 0.3) is 0 Å². The largest absolute Gasteiger partial charge is 0.497 e. The molecule has 0 aliphatic carbocycles. The second-order valence-electron chi connectivity index (χ2n) is 3.69. The van der Waals surface area contributed by atoms with Crippen molar-refractivity contribution in [2.75, 3.05) is 13.7 Å². The Morgan fingerprint density at radius 3 is 2.56 bits per heavy atom. The Balaban J connectivity index is 2.08. The Morgan fingerprint density at radius 1 is 1.17 bits per heavy atom. The first kappa shape index (κ1) is 12.3. The van der Waals surface area contributed by atoms with Gasteiger partial charge < -0.3 is 15.2 Å². The maximum atomic E-state index is 5.52. The molecule has 2 aromatic rings. The van der Waals surface area contributed by atoms with Gasteiger partial charge in [-0.1, -0.05) is 6.07 Å². The fourth-order valence-electron chi connectivity index (χ4n) is 1.46. The molecule has 1 aromatic carbocycles. The normalized spacial score (nSPS) is 10.1. The van der Waals surface area contributed by atoms with Crippen molar-refractivity contribution in [1.29, 1.82) is 0 Å². The van der Waals surface area contributed by atoms with Gasteiger partial charge in [0.2, 0.25) is 0 Å². The zero-order chi connectivity index (χ0) is 12.8. The summed E-state index contributed by atoms with van der Waals surface area (Å²) in [5.41, 5.74) is 6.45. The van der Waals surface area contributed by atoms with Gasteiger partial charge in [-0.25, -0.2) is 9.97 Å². The van der Waals surface area contributed by atoms with Gasteiger partial charge in [-0.2, -0.15) is 0 Å². The van der Waals surface area contributed by atoms with Gasteiger partial charge in [0.05, 0.1) is 7.11 Å². The molecular weight excluding hydrogens is 230 g/mol. The molecule has 94 valence electrons. The predicted molar refractivity (Wildman–Crippen MR) is 67.9 cm³/mol. The Bertz CT molecular complexity index is 500. The summed E-state index contributed by atoms with van der Waals surface area (Å²) in [7, 11) is 1.61. The fourth-order valence-corrected chi connectivity index (χ4v) is 1.46. The van der Waals surface area contributed by atoms with Gasteiger partial charge in [0.15, 0.2) is 0 Å². The van der Waals surface area contributed by atoms with Crippen LogP contribution in [0, 0.1) is 0 Å². The van der Waals surface area contributed by atoms with Crippen molar-refractivity contribution in [3.63, 3.8) is 0 Å². The third kappa shape index (κ3) is 3.18. The summed E-state index contributed by atoms with van der Waals surface area (Å²) in [4.78, 5) is 8.24. The van der Waals surface area contributed by atoms with Gasteiger partial charge in [-0.15, -0.1) is 0 Å². The van der Waals surface area contributed by atoms with Crippen molar-refractivity contribution < 1.29 is 9.47 Å². The molecule has 5 heteroatoms. The molecule has 0 amide bonds. The second kappa shape index (κ2) is 5.97. The monoisotopic (exact) mass is 245 g/mol. The SMILES string of the molecule is COc1cccc(Oc2ncc(CCN)cn2)c1. The van der Waals surface area contributed by atoms with Crippen LogP contribution in [0.3, 0.4) is 0 Å². The molecule has 0 radical (unpaired) electrons. The zero-order valence-corrected chi connectivity index (χ0v) is 10.2. The summed E-state index contributed by atoms with van der Waals surface area (Å²) in [5.74, 6) is 1.37. The molecule has 1 heterocycles. The third-order valence-corrected chi connectivity index (χ3v) is 2.36. The molecule has 2 rings (SSSR count). The summed E-state index contributed by atoms with van der Waals surface area (Å²) in [6.07, 6.45) is 4.20. The van der Waals surface area contributed by atoms with Gasteiger partial charge in [0.1, 0.15) is 11.5 Å². The molecule has 0 bridgehead atoms. The van der Waals surface area contributed by atoms with E-state index in [2.05, 4.69) is 9.97 Å². The maximum Gasteiger partial charge on any atom is 0.321 e. The minimum atomic E-state index is 0.309. The van der Waals surface area contributed by atoms with Crippen LogP contribution in [0.4, 0.5) is 0 Å². The number of ether oxygens (including phenoxy) is 2. The number of methoxy groups -OCH3 is 1. The molecule has 0 fully saturated rings. The molecule has 0 unspecified atom stereocenters. The molecule has 2 N–H and O–H groups in total. The van der Waals surface area contributed by atoms with E-state index in [1.807, 2.05) is 18.2 Å². The molecule has 5 nitrogen and oxygen atoms in total.